The molecule has 0 amide bonds. The molecule has 82 valence electrons. The summed E-state index contributed by atoms with van der Waals surface area (Å²) in [7, 11) is 0. The van der Waals surface area contributed by atoms with Crippen molar-refractivity contribution in [2.75, 3.05) is 6.61 Å². The molecule has 0 radical (unpaired) electrons. The molecule has 1 rings (SSSR count). The van der Waals surface area contributed by atoms with Crippen molar-refractivity contribution >= 4 is 5.97 Å². The number of carbonyl (C=O) groups is 1. The average Bonchev–Trinajstić information content (AvgIpc) is 2.17. The van der Waals surface area contributed by atoms with Crippen LogP contribution < -0.4 is 4.74 Å². The first-order valence-corrected chi connectivity index (χ1v) is 4.85. The van der Waals surface area contributed by atoms with E-state index in [1.165, 1.54) is 6.20 Å². The highest BCUT2D eigenvalue weighted by Crippen LogP contribution is 2.08. The van der Waals surface area contributed by atoms with E-state index in [4.69, 9.17) is 9.84 Å². The lowest BCUT2D eigenvalue weighted by molar-refractivity contribution is 0.0695. The van der Waals surface area contributed by atoms with Crippen molar-refractivity contribution in [3.8, 4) is 6.01 Å². The Labute approximate surface area is 88.1 Å². The van der Waals surface area contributed by atoms with E-state index in [2.05, 4.69) is 16.9 Å². The topological polar surface area (TPSA) is 72.3 Å². The maximum absolute atomic E-state index is 10.7. The highest BCUT2D eigenvalue weighted by Gasteiger charge is 2.09. The average molecular weight is 210 g/mol. The second kappa shape index (κ2) is 5.29. The molecule has 0 aromatic carbocycles. The number of aromatic nitrogens is 2. The Hall–Kier alpha value is -1.65. The van der Waals surface area contributed by atoms with Crippen LogP contribution in [0.15, 0.2) is 6.20 Å². The number of hydrogen-bond acceptors (Lipinski definition) is 4. The van der Waals surface area contributed by atoms with E-state index in [9.17, 15) is 4.79 Å². The minimum absolute atomic E-state index is 0.109. The summed E-state index contributed by atoms with van der Waals surface area (Å²) in [5.74, 6) is -1.02. The molecule has 0 fully saturated rings. The van der Waals surface area contributed by atoms with Crippen molar-refractivity contribution in [3.05, 3.63) is 17.5 Å². The zero-order valence-electron chi connectivity index (χ0n) is 8.86. The van der Waals surface area contributed by atoms with Crippen LogP contribution in [0.4, 0.5) is 0 Å². The molecule has 1 aromatic heterocycles. The molecule has 1 heterocycles. The molecule has 0 unspecified atom stereocenters. The summed E-state index contributed by atoms with van der Waals surface area (Å²) in [6, 6.07) is 0.242. The van der Waals surface area contributed by atoms with E-state index in [1.807, 2.05) is 0 Å². The first kappa shape index (κ1) is 11.4. The van der Waals surface area contributed by atoms with Crippen LogP contribution >= 0.6 is 0 Å². The fourth-order valence-corrected chi connectivity index (χ4v) is 1.03. The highest BCUT2D eigenvalue weighted by atomic mass is 16.5. The molecule has 0 bridgehead atoms. The van der Waals surface area contributed by atoms with E-state index >= 15 is 0 Å². The number of aryl methyl sites for hydroxylation is 1. The molecular weight excluding hydrogens is 196 g/mol. The lowest BCUT2D eigenvalue weighted by Gasteiger charge is -2.04. The third-order valence-electron chi connectivity index (χ3n) is 1.92. The largest absolute Gasteiger partial charge is 0.478 e. The summed E-state index contributed by atoms with van der Waals surface area (Å²) in [4.78, 5) is 18.4. The summed E-state index contributed by atoms with van der Waals surface area (Å²) >= 11 is 0. The number of rotatable bonds is 5. The summed E-state index contributed by atoms with van der Waals surface area (Å²) in [5, 5.41) is 8.75. The zero-order valence-corrected chi connectivity index (χ0v) is 8.86. The van der Waals surface area contributed by atoms with Gasteiger partial charge in [-0.2, -0.15) is 4.98 Å². The molecule has 5 nitrogen and oxygen atoms in total. The van der Waals surface area contributed by atoms with Crippen LogP contribution in [-0.4, -0.2) is 27.7 Å². The Kier molecular flexibility index (Phi) is 4.03. The van der Waals surface area contributed by atoms with Crippen molar-refractivity contribution < 1.29 is 14.6 Å². The Morgan fingerprint density at radius 1 is 1.60 bits per heavy atom. The molecule has 0 saturated heterocycles. The van der Waals surface area contributed by atoms with Gasteiger partial charge in [-0.1, -0.05) is 13.3 Å². The summed E-state index contributed by atoms with van der Waals surface area (Å²) in [6.07, 6.45) is 3.24. The molecule has 1 aromatic rings. The van der Waals surface area contributed by atoms with E-state index in [-0.39, 0.29) is 11.6 Å². The van der Waals surface area contributed by atoms with Crippen LogP contribution in [0.3, 0.4) is 0 Å². The van der Waals surface area contributed by atoms with Crippen molar-refractivity contribution in [2.24, 2.45) is 0 Å². The van der Waals surface area contributed by atoms with Crippen molar-refractivity contribution in [2.45, 2.75) is 26.7 Å². The van der Waals surface area contributed by atoms with E-state index in [1.54, 1.807) is 6.92 Å². The highest BCUT2D eigenvalue weighted by molar-refractivity contribution is 5.88. The molecule has 5 heteroatoms. The van der Waals surface area contributed by atoms with Gasteiger partial charge in [0, 0.05) is 6.20 Å². The second-order valence-electron chi connectivity index (χ2n) is 3.16. The van der Waals surface area contributed by atoms with Crippen LogP contribution in [0, 0.1) is 6.92 Å². The summed E-state index contributed by atoms with van der Waals surface area (Å²) in [6.45, 7) is 4.24. The minimum Gasteiger partial charge on any atom is -0.478 e. The first-order valence-electron chi connectivity index (χ1n) is 4.85. The monoisotopic (exact) mass is 210 g/mol. The van der Waals surface area contributed by atoms with Gasteiger partial charge < -0.3 is 9.84 Å². The lowest BCUT2D eigenvalue weighted by atomic mass is 10.2. The van der Waals surface area contributed by atoms with Gasteiger partial charge >= 0.3 is 12.0 Å². The summed E-state index contributed by atoms with van der Waals surface area (Å²) in [5.41, 5.74) is 0.529. The molecule has 0 aliphatic heterocycles. The fraction of sp³-hybridized carbons (Fsp3) is 0.500. The van der Waals surface area contributed by atoms with Crippen LogP contribution in [-0.2, 0) is 0 Å². The SMILES string of the molecule is CCCCOc1ncc(C(=O)O)c(C)n1. The van der Waals surface area contributed by atoms with Gasteiger partial charge in [-0.05, 0) is 13.3 Å². The standard InChI is InChI=1S/C10H14N2O3/c1-3-4-5-15-10-11-6-8(9(13)14)7(2)12-10/h6H,3-5H2,1-2H3,(H,13,14). The molecule has 15 heavy (non-hydrogen) atoms. The number of hydrogen-bond donors (Lipinski definition) is 1. The van der Waals surface area contributed by atoms with Gasteiger partial charge in [0.25, 0.3) is 0 Å². The molecular formula is C10H14N2O3. The van der Waals surface area contributed by atoms with Gasteiger partial charge in [0.15, 0.2) is 0 Å². The van der Waals surface area contributed by atoms with Crippen molar-refractivity contribution in [1.82, 2.24) is 9.97 Å². The van der Waals surface area contributed by atoms with Gasteiger partial charge in [-0.3, -0.25) is 0 Å². The third kappa shape index (κ3) is 3.19. The van der Waals surface area contributed by atoms with E-state index in [0.717, 1.165) is 12.8 Å². The minimum atomic E-state index is -1.02. The molecule has 0 aliphatic rings. The second-order valence-corrected chi connectivity index (χ2v) is 3.16. The number of nitrogens with zero attached hydrogens (tertiary/aromatic N) is 2. The number of aromatic carboxylic acids is 1. The first-order chi connectivity index (χ1) is 7.15. The number of ether oxygens (including phenoxy) is 1. The van der Waals surface area contributed by atoms with Crippen LogP contribution in [0.25, 0.3) is 0 Å². The molecule has 0 aliphatic carbocycles. The van der Waals surface area contributed by atoms with Crippen LogP contribution in [0.5, 0.6) is 6.01 Å². The molecule has 0 atom stereocenters. The van der Waals surface area contributed by atoms with Crippen LogP contribution in [0.1, 0.15) is 35.8 Å². The zero-order chi connectivity index (χ0) is 11.3. The number of carboxylic acids is 1. The van der Waals surface area contributed by atoms with Gasteiger partial charge in [0.05, 0.1) is 17.9 Å². The Morgan fingerprint density at radius 3 is 2.87 bits per heavy atom. The van der Waals surface area contributed by atoms with Crippen molar-refractivity contribution in [1.29, 1.82) is 0 Å². The Balaban J connectivity index is 2.69. The maximum Gasteiger partial charge on any atom is 0.339 e. The van der Waals surface area contributed by atoms with Gasteiger partial charge in [-0.15, -0.1) is 0 Å². The van der Waals surface area contributed by atoms with E-state index in [0.29, 0.717) is 12.3 Å². The van der Waals surface area contributed by atoms with Gasteiger partial charge in [0.2, 0.25) is 0 Å². The normalized spacial score (nSPS) is 10.0. The quantitative estimate of drug-likeness (QED) is 0.748. The molecule has 1 N–H and O–H groups in total. The predicted octanol–water partition coefficient (Wildman–Crippen LogP) is 1.66. The van der Waals surface area contributed by atoms with E-state index < -0.39 is 5.97 Å². The third-order valence-corrected chi connectivity index (χ3v) is 1.92. The van der Waals surface area contributed by atoms with Gasteiger partial charge in [0.1, 0.15) is 0 Å². The van der Waals surface area contributed by atoms with Crippen LogP contribution in [0.2, 0.25) is 0 Å². The summed E-state index contributed by atoms with van der Waals surface area (Å²) < 4.78 is 5.25. The number of carboxylic acid groups (broad SMARTS) is 1. The fourth-order valence-electron chi connectivity index (χ4n) is 1.03. The Morgan fingerprint density at radius 2 is 2.33 bits per heavy atom. The van der Waals surface area contributed by atoms with Gasteiger partial charge in [-0.25, -0.2) is 9.78 Å². The molecule has 0 saturated carbocycles. The smallest absolute Gasteiger partial charge is 0.339 e. The van der Waals surface area contributed by atoms with Crippen molar-refractivity contribution in [3.63, 3.8) is 0 Å². The number of unbranched alkanes of at least 4 members (excludes halogenated alkanes) is 1. The Bertz CT molecular complexity index is 353. The maximum atomic E-state index is 10.7. The lowest BCUT2D eigenvalue weighted by Crippen LogP contribution is -2.06. The molecule has 0 spiro atoms. The predicted molar refractivity (Wildman–Crippen MR) is 54.1 cm³/mol.